The van der Waals surface area contributed by atoms with Crippen LogP contribution in [0.4, 0.5) is 0 Å². The molecule has 0 unspecified atom stereocenters. The summed E-state index contributed by atoms with van der Waals surface area (Å²) in [5.41, 5.74) is 0.197. The molecule has 2 saturated heterocycles. The third-order valence-electron chi connectivity index (χ3n) is 8.23. The van der Waals surface area contributed by atoms with E-state index in [0.717, 1.165) is 19.5 Å². The average molecular weight is 404 g/mol. The molecule has 2 aliphatic carbocycles. The third-order valence-corrected chi connectivity index (χ3v) is 8.23. The van der Waals surface area contributed by atoms with Crippen molar-refractivity contribution in [1.82, 2.24) is 15.1 Å². The summed E-state index contributed by atoms with van der Waals surface area (Å²) in [6.07, 6.45) is 16.7. The van der Waals surface area contributed by atoms with Crippen LogP contribution in [0.2, 0.25) is 0 Å². The fraction of sp³-hybridized carbons (Fsp3) is 0.917. The van der Waals surface area contributed by atoms with Crippen molar-refractivity contribution >= 4 is 11.8 Å². The third kappa shape index (κ3) is 5.15. The molecule has 0 radical (unpaired) electrons. The summed E-state index contributed by atoms with van der Waals surface area (Å²) in [4.78, 5) is 30.2. The Hall–Kier alpha value is -1.10. The van der Waals surface area contributed by atoms with E-state index in [-0.39, 0.29) is 23.3 Å². The van der Waals surface area contributed by atoms with Gasteiger partial charge in [0.25, 0.3) is 0 Å². The van der Waals surface area contributed by atoms with E-state index < -0.39 is 0 Å². The Morgan fingerprint density at radius 1 is 0.931 bits per heavy atom. The van der Waals surface area contributed by atoms with E-state index >= 15 is 0 Å². The predicted octanol–water partition coefficient (Wildman–Crippen LogP) is 3.72. The standard InChI is InChI=1S/C24H41N3O2/c28-22-12-11-21(18-26(22)17-20-9-3-1-4-10-20)23(29)25-19-24(13-5-6-14-24)27-15-7-2-8-16-27/h20-21H,1-19H2,(H,25,29)/t21-/m0/s1. The lowest BCUT2D eigenvalue weighted by atomic mass is 9.87. The zero-order chi connectivity index (χ0) is 20.1. The minimum Gasteiger partial charge on any atom is -0.354 e. The highest BCUT2D eigenvalue weighted by Crippen LogP contribution is 2.36. The van der Waals surface area contributed by atoms with Gasteiger partial charge in [-0.15, -0.1) is 0 Å². The van der Waals surface area contributed by atoms with Crippen LogP contribution in [-0.2, 0) is 9.59 Å². The molecule has 4 fully saturated rings. The second-order valence-electron chi connectivity index (χ2n) is 10.2. The van der Waals surface area contributed by atoms with Gasteiger partial charge in [-0.05, 0) is 64.0 Å². The Balaban J connectivity index is 1.30. The fourth-order valence-corrected chi connectivity index (χ4v) is 6.39. The van der Waals surface area contributed by atoms with Crippen LogP contribution in [-0.4, -0.2) is 59.9 Å². The first-order valence-corrected chi connectivity index (χ1v) is 12.5. The summed E-state index contributed by atoms with van der Waals surface area (Å²) in [7, 11) is 0. The van der Waals surface area contributed by atoms with Crippen LogP contribution >= 0.6 is 0 Å². The molecule has 0 spiro atoms. The number of carbonyl (C=O) groups excluding carboxylic acids is 2. The molecule has 1 N–H and O–H groups in total. The molecule has 0 bridgehead atoms. The maximum Gasteiger partial charge on any atom is 0.224 e. The van der Waals surface area contributed by atoms with Gasteiger partial charge in [-0.25, -0.2) is 0 Å². The highest BCUT2D eigenvalue weighted by molar-refractivity contribution is 5.83. The molecule has 5 heteroatoms. The summed E-state index contributed by atoms with van der Waals surface area (Å²) >= 11 is 0. The van der Waals surface area contributed by atoms with Crippen LogP contribution < -0.4 is 5.32 Å². The SMILES string of the molecule is O=C(NCC1(N2CCCCC2)CCCC1)[C@H]1CCC(=O)N(CC2CCCCC2)C1. The van der Waals surface area contributed by atoms with Gasteiger partial charge >= 0.3 is 0 Å². The van der Waals surface area contributed by atoms with E-state index in [1.807, 2.05) is 4.90 Å². The fourth-order valence-electron chi connectivity index (χ4n) is 6.39. The maximum atomic E-state index is 13.1. The van der Waals surface area contributed by atoms with Gasteiger partial charge in [-0.3, -0.25) is 14.5 Å². The van der Waals surface area contributed by atoms with Crippen LogP contribution in [0.25, 0.3) is 0 Å². The van der Waals surface area contributed by atoms with E-state index in [1.165, 1.54) is 90.1 Å². The zero-order valence-corrected chi connectivity index (χ0v) is 18.3. The van der Waals surface area contributed by atoms with Gasteiger partial charge in [-0.2, -0.15) is 0 Å². The number of hydrogen-bond acceptors (Lipinski definition) is 3. The highest BCUT2D eigenvalue weighted by atomic mass is 16.2. The molecular formula is C24H41N3O2. The number of likely N-dealkylation sites (tertiary alicyclic amines) is 2. The molecule has 4 rings (SSSR count). The number of rotatable bonds is 6. The quantitative estimate of drug-likeness (QED) is 0.735. The minimum absolute atomic E-state index is 0.0175. The number of piperidine rings is 2. The van der Waals surface area contributed by atoms with Gasteiger partial charge in [-0.1, -0.05) is 38.5 Å². The van der Waals surface area contributed by atoms with Crippen molar-refractivity contribution in [2.24, 2.45) is 11.8 Å². The summed E-state index contributed by atoms with van der Waals surface area (Å²) < 4.78 is 0. The highest BCUT2D eigenvalue weighted by Gasteiger charge is 2.41. The van der Waals surface area contributed by atoms with Crippen LogP contribution in [0.5, 0.6) is 0 Å². The van der Waals surface area contributed by atoms with Crippen molar-refractivity contribution in [3.05, 3.63) is 0 Å². The van der Waals surface area contributed by atoms with Gasteiger partial charge in [0.05, 0.1) is 5.92 Å². The Morgan fingerprint density at radius 3 is 2.34 bits per heavy atom. The zero-order valence-electron chi connectivity index (χ0n) is 18.3. The molecule has 2 amide bonds. The van der Waals surface area contributed by atoms with Crippen molar-refractivity contribution in [2.75, 3.05) is 32.7 Å². The van der Waals surface area contributed by atoms with Crippen LogP contribution in [0, 0.1) is 11.8 Å². The monoisotopic (exact) mass is 403 g/mol. The Morgan fingerprint density at radius 2 is 1.62 bits per heavy atom. The van der Waals surface area contributed by atoms with Crippen LogP contribution in [0.1, 0.15) is 89.9 Å². The van der Waals surface area contributed by atoms with Gasteiger partial charge in [0.1, 0.15) is 0 Å². The molecule has 2 saturated carbocycles. The van der Waals surface area contributed by atoms with Gasteiger partial charge in [0.2, 0.25) is 11.8 Å². The molecule has 29 heavy (non-hydrogen) atoms. The second-order valence-corrected chi connectivity index (χ2v) is 10.2. The molecule has 2 heterocycles. The van der Waals surface area contributed by atoms with Crippen molar-refractivity contribution < 1.29 is 9.59 Å². The molecule has 0 aromatic heterocycles. The molecule has 164 valence electrons. The maximum absolute atomic E-state index is 13.1. The summed E-state index contributed by atoms with van der Waals surface area (Å²) in [6.45, 7) is 4.71. The van der Waals surface area contributed by atoms with Crippen molar-refractivity contribution in [2.45, 2.75) is 95.4 Å². The molecule has 1 atom stereocenters. The first-order valence-electron chi connectivity index (χ1n) is 12.5. The Labute approximate surface area is 177 Å². The Kier molecular flexibility index (Phi) is 7.15. The average Bonchev–Trinajstić information content (AvgIpc) is 3.25. The normalized spacial score (nSPS) is 29.2. The molecule has 4 aliphatic rings. The number of hydrogen-bond donors (Lipinski definition) is 1. The molecular weight excluding hydrogens is 362 g/mol. The largest absolute Gasteiger partial charge is 0.354 e. The molecule has 5 nitrogen and oxygen atoms in total. The van der Waals surface area contributed by atoms with E-state index in [0.29, 0.717) is 18.9 Å². The van der Waals surface area contributed by atoms with Crippen LogP contribution in [0.3, 0.4) is 0 Å². The van der Waals surface area contributed by atoms with E-state index in [1.54, 1.807) is 0 Å². The minimum atomic E-state index is -0.0175. The second kappa shape index (κ2) is 9.80. The molecule has 0 aromatic rings. The smallest absolute Gasteiger partial charge is 0.224 e. The van der Waals surface area contributed by atoms with Gasteiger partial charge in [0.15, 0.2) is 0 Å². The number of nitrogens with one attached hydrogen (secondary N) is 1. The summed E-state index contributed by atoms with van der Waals surface area (Å²) in [5, 5.41) is 3.35. The predicted molar refractivity (Wildman–Crippen MR) is 116 cm³/mol. The van der Waals surface area contributed by atoms with Crippen molar-refractivity contribution in [1.29, 1.82) is 0 Å². The Bertz CT molecular complexity index is 560. The van der Waals surface area contributed by atoms with Crippen molar-refractivity contribution in [3.8, 4) is 0 Å². The number of nitrogens with zero attached hydrogens (tertiary/aromatic N) is 2. The van der Waals surface area contributed by atoms with Gasteiger partial charge < -0.3 is 10.2 Å². The lowest BCUT2D eigenvalue weighted by Gasteiger charge is -2.44. The lowest BCUT2D eigenvalue weighted by Crippen LogP contribution is -2.57. The first kappa shape index (κ1) is 21.1. The molecule has 0 aromatic carbocycles. The van der Waals surface area contributed by atoms with Gasteiger partial charge in [0, 0.05) is 31.6 Å². The number of carbonyl (C=O) groups is 2. The number of amides is 2. The lowest BCUT2D eigenvalue weighted by molar-refractivity contribution is -0.139. The van der Waals surface area contributed by atoms with Crippen molar-refractivity contribution in [3.63, 3.8) is 0 Å². The topological polar surface area (TPSA) is 52.7 Å². The van der Waals surface area contributed by atoms with Crippen LogP contribution in [0.15, 0.2) is 0 Å². The summed E-state index contributed by atoms with van der Waals surface area (Å²) in [5.74, 6) is 1.08. The van der Waals surface area contributed by atoms with E-state index in [9.17, 15) is 9.59 Å². The molecule has 2 aliphatic heterocycles. The summed E-state index contributed by atoms with van der Waals surface area (Å²) in [6, 6.07) is 0. The van der Waals surface area contributed by atoms with E-state index in [4.69, 9.17) is 0 Å². The van der Waals surface area contributed by atoms with E-state index in [2.05, 4.69) is 10.2 Å². The first-order chi connectivity index (χ1) is 14.2.